The molecule has 24 heavy (non-hydrogen) atoms. The van der Waals surface area contributed by atoms with Crippen LogP contribution in [-0.4, -0.2) is 29.9 Å². The van der Waals surface area contributed by atoms with E-state index in [9.17, 15) is 4.79 Å². The van der Waals surface area contributed by atoms with E-state index in [1.54, 1.807) is 6.26 Å². The van der Waals surface area contributed by atoms with Crippen LogP contribution < -0.4 is 5.32 Å². The Balaban J connectivity index is 1.46. The van der Waals surface area contributed by atoms with E-state index < -0.39 is 0 Å². The smallest absolute Gasteiger partial charge is 0.222 e. The molecule has 1 aromatic heterocycles. The highest BCUT2D eigenvalue weighted by atomic mass is 16.3. The monoisotopic (exact) mass is 326 g/mol. The number of aryl methyl sites for hydroxylation is 2. The third kappa shape index (κ3) is 4.06. The molecule has 1 N–H and O–H groups in total. The summed E-state index contributed by atoms with van der Waals surface area (Å²) in [6.07, 6.45) is 4.14. The van der Waals surface area contributed by atoms with Crippen molar-refractivity contribution >= 4 is 5.91 Å². The maximum Gasteiger partial charge on any atom is 0.222 e. The van der Waals surface area contributed by atoms with Crippen LogP contribution in [0, 0.1) is 6.92 Å². The Bertz CT molecular complexity index is 665. The molecule has 4 nitrogen and oxygen atoms in total. The molecule has 0 unspecified atom stereocenters. The number of rotatable bonds is 6. The first kappa shape index (κ1) is 16.8. The third-order valence-electron chi connectivity index (χ3n) is 4.79. The van der Waals surface area contributed by atoms with Crippen LogP contribution >= 0.6 is 0 Å². The Kier molecular flexibility index (Phi) is 5.36. The number of carbonyl (C=O) groups excluding carboxylic acids is 1. The largest absolute Gasteiger partial charge is 0.467 e. The van der Waals surface area contributed by atoms with Crippen LogP contribution in [-0.2, 0) is 11.2 Å². The van der Waals surface area contributed by atoms with Gasteiger partial charge >= 0.3 is 0 Å². The molecular weight excluding hydrogens is 300 g/mol. The van der Waals surface area contributed by atoms with Gasteiger partial charge in [-0.3, -0.25) is 4.79 Å². The molecule has 0 radical (unpaired) electrons. The first-order valence-electron chi connectivity index (χ1n) is 8.75. The molecule has 4 heteroatoms. The first-order chi connectivity index (χ1) is 11.6. The second-order valence-corrected chi connectivity index (χ2v) is 6.67. The summed E-state index contributed by atoms with van der Waals surface area (Å²) in [6, 6.07) is 12.7. The number of hydrogen-bond acceptors (Lipinski definition) is 3. The van der Waals surface area contributed by atoms with E-state index in [0.717, 1.165) is 31.7 Å². The van der Waals surface area contributed by atoms with Crippen LogP contribution in [0.4, 0.5) is 0 Å². The molecule has 0 spiro atoms. The Morgan fingerprint density at radius 1 is 1.33 bits per heavy atom. The van der Waals surface area contributed by atoms with E-state index in [4.69, 9.17) is 4.42 Å². The average molecular weight is 326 g/mol. The van der Waals surface area contributed by atoms with Gasteiger partial charge in [-0.25, -0.2) is 0 Å². The van der Waals surface area contributed by atoms with Gasteiger partial charge in [-0.2, -0.15) is 0 Å². The molecule has 2 heterocycles. The highest BCUT2D eigenvalue weighted by Gasteiger charge is 2.27. The van der Waals surface area contributed by atoms with Gasteiger partial charge in [-0.15, -0.1) is 0 Å². The van der Waals surface area contributed by atoms with Crippen LogP contribution in [0.25, 0.3) is 0 Å². The SMILES string of the molecule is Cc1ccoc1[C@@H](C)N[C@@H]1CCN(C(=O)CCc2ccccc2)C1. The quantitative estimate of drug-likeness (QED) is 0.884. The fourth-order valence-corrected chi connectivity index (χ4v) is 3.43. The van der Waals surface area contributed by atoms with Gasteiger partial charge in [0.05, 0.1) is 12.3 Å². The lowest BCUT2D eigenvalue weighted by Gasteiger charge is -2.20. The highest BCUT2D eigenvalue weighted by Crippen LogP contribution is 2.21. The topological polar surface area (TPSA) is 45.5 Å². The molecule has 128 valence electrons. The van der Waals surface area contributed by atoms with Gasteiger partial charge in [0.2, 0.25) is 5.91 Å². The number of nitrogens with one attached hydrogen (secondary N) is 1. The molecule has 3 rings (SSSR count). The molecule has 2 atom stereocenters. The second-order valence-electron chi connectivity index (χ2n) is 6.67. The standard InChI is InChI=1S/C20H26N2O2/c1-15-11-13-24-20(15)16(2)21-18-10-12-22(14-18)19(23)9-8-17-6-4-3-5-7-17/h3-7,11,13,16,18,21H,8-10,12,14H2,1-2H3/t16-,18-/m1/s1. The molecule has 1 aliphatic rings. The Labute approximate surface area is 143 Å². The van der Waals surface area contributed by atoms with Crippen molar-refractivity contribution in [3.8, 4) is 0 Å². The van der Waals surface area contributed by atoms with Crippen molar-refractivity contribution in [2.75, 3.05) is 13.1 Å². The van der Waals surface area contributed by atoms with Crippen molar-refractivity contribution in [2.45, 2.75) is 45.2 Å². The Hall–Kier alpha value is -2.07. The summed E-state index contributed by atoms with van der Waals surface area (Å²) < 4.78 is 5.56. The van der Waals surface area contributed by atoms with Crippen molar-refractivity contribution in [2.24, 2.45) is 0 Å². The molecule has 1 aliphatic heterocycles. The van der Waals surface area contributed by atoms with Crippen molar-refractivity contribution in [3.05, 3.63) is 59.5 Å². The van der Waals surface area contributed by atoms with E-state index >= 15 is 0 Å². The normalized spacial score (nSPS) is 18.8. The number of nitrogens with zero attached hydrogens (tertiary/aromatic N) is 1. The van der Waals surface area contributed by atoms with E-state index in [1.165, 1.54) is 11.1 Å². The first-order valence-corrected chi connectivity index (χ1v) is 8.75. The minimum atomic E-state index is 0.171. The van der Waals surface area contributed by atoms with Crippen LogP contribution in [0.5, 0.6) is 0 Å². The summed E-state index contributed by atoms with van der Waals surface area (Å²) >= 11 is 0. The molecule has 1 fully saturated rings. The maximum atomic E-state index is 12.4. The number of benzene rings is 1. The summed E-state index contributed by atoms with van der Waals surface area (Å²) in [6.45, 7) is 5.81. The molecular formula is C20H26N2O2. The molecule has 0 aliphatic carbocycles. The van der Waals surface area contributed by atoms with E-state index in [-0.39, 0.29) is 11.9 Å². The lowest BCUT2D eigenvalue weighted by atomic mass is 10.1. The predicted molar refractivity (Wildman–Crippen MR) is 94.7 cm³/mol. The van der Waals surface area contributed by atoms with Crippen molar-refractivity contribution in [3.63, 3.8) is 0 Å². The van der Waals surface area contributed by atoms with Gasteiger partial charge in [0.25, 0.3) is 0 Å². The number of amides is 1. The summed E-state index contributed by atoms with van der Waals surface area (Å²) in [5, 5.41) is 3.59. The third-order valence-corrected chi connectivity index (χ3v) is 4.79. The summed E-state index contributed by atoms with van der Waals surface area (Å²) in [7, 11) is 0. The molecule has 1 aromatic carbocycles. The number of hydrogen-bond donors (Lipinski definition) is 1. The van der Waals surface area contributed by atoms with Crippen molar-refractivity contribution in [1.82, 2.24) is 10.2 Å². The zero-order valence-electron chi connectivity index (χ0n) is 14.5. The lowest BCUT2D eigenvalue weighted by Crippen LogP contribution is -2.36. The van der Waals surface area contributed by atoms with Gasteiger partial charge in [0, 0.05) is 25.6 Å². The van der Waals surface area contributed by atoms with Crippen LogP contribution in [0.15, 0.2) is 47.1 Å². The minimum absolute atomic E-state index is 0.171. The zero-order chi connectivity index (χ0) is 16.9. The minimum Gasteiger partial charge on any atom is -0.467 e. The maximum absolute atomic E-state index is 12.4. The van der Waals surface area contributed by atoms with Gasteiger partial charge in [0.15, 0.2) is 0 Å². The number of carbonyl (C=O) groups is 1. The number of furan rings is 1. The summed E-state index contributed by atoms with van der Waals surface area (Å²) in [5.74, 6) is 1.24. The van der Waals surface area contributed by atoms with Gasteiger partial charge in [-0.1, -0.05) is 30.3 Å². The summed E-state index contributed by atoms with van der Waals surface area (Å²) in [5.41, 5.74) is 2.39. The molecule has 1 saturated heterocycles. The Morgan fingerprint density at radius 2 is 2.12 bits per heavy atom. The number of likely N-dealkylation sites (tertiary alicyclic amines) is 1. The highest BCUT2D eigenvalue weighted by molar-refractivity contribution is 5.76. The summed E-state index contributed by atoms with van der Waals surface area (Å²) in [4.78, 5) is 14.4. The van der Waals surface area contributed by atoms with Crippen LogP contribution in [0.3, 0.4) is 0 Å². The van der Waals surface area contributed by atoms with Gasteiger partial charge in [-0.05, 0) is 43.9 Å². The van der Waals surface area contributed by atoms with Crippen LogP contribution in [0.1, 0.15) is 42.7 Å². The van der Waals surface area contributed by atoms with Crippen LogP contribution in [0.2, 0.25) is 0 Å². The van der Waals surface area contributed by atoms with Gasteiger partial charge < -0.3 is 14.6 Å². The van der Waals surface area contributed by atoms with E-state index in [1.807, 2.05) is 29.2 Å². The van der Waals surface area contributed by atoms with Crippen molar-refractivity contribution in [1.29, 1.82) is 0 Å². The molecule has 0 saturated carbocycles. The Morgan fingerprint density at radius 3 is 2.83 bits per heavy atom. The zero-order valence-corrected chi connectivity index (χ0v) is 14.5. The fraction of sp³-hybridized carbons (Fsp3) is 0.450. The van der Waals surface area contributed by atoms with E-state index in [0.29, 0.717) is 12.5 Å². The van der Waals surface area contributed by atoms with Gasteiger partial charge in [0.1, 0.15) is 5.76 Å². The average Bonchev–Trinajstić information content (AvgIpc) is 3.22. The predicted octanol–water partition coefficient (Wildman–Crippen LogP) is 3.47. The van der Waals surface area contributed by atoms with Crippen molar-refractivity contribution < 1.29 is 9.21 Å². The molecule has 0 bridgehead atoms. The molecule has 2 aromatic rings. The second kappa shape index (κ2) is 7.67. The lowest BCUT2D eigenvalue weighted by molar-refractivity contribution is -0.130. The van der Waals surface area contributed by atoms with E-state index in [2.05, 4.69) is 31.3 Å². The molecule has 1 amide bonds. The fourth-order valence-electron chi connectivity index (χ4n) is 3.43.